The molecule has 3 N–H and O–H groups in total. The number of rotatable bonds is 5. The third kappa shape index (κ3) is 4.12. The third-order valence-electron chi connectivity index (χ3n) is 4.84. The molecule has 1 aliphatic heterocycles. The zero-order valence-corrected chi connectivity index (χ0v) is 16.1. The molecule has 3 atom stereocenters. The van der Waals surface area contributed by atoms with Crippen LogP contribution in [0.5, 0.6) is 0 Å². The van der Waals surface area contributed by atoms with Crippen LogP contribution < -0.4 is 5.32 Å². The molecule has 0 aliphatic carbocycles. The van der Waals surface area contributed by atoms with Crippen LogP contribution in [0.1, 0.15) is 37.6 Å². The Morgan fingerprint density at radius 1 is 1.37 bits per heavy atom. The number of thiazole rings is 1. The van der Waals surface area contributed by atoms with Crippen LogP contribution in [0.25, 0.3) is 10.4 Å². The summed E-state index contributed by atoms with van der Waals surface area (Å²) in [6.07, 6.45) is -1.01. The Bertz CT molecular complexity index is 821. The van der Waals surface area contributed by atoms with E-state index in [1.807, 2.05) is 36.7 Å². The Kier molecular flexibility index (Phi) is 5.76. The van der Waals surface area contributed by atoms with E-state index < -0.39 is 18.2 Å². The highest BCUT2D eigenvalue weighted by atomic mass is 32.1. The molecule has 1 aliphatic rings. The summed E-state index contributed by atoms with van der Waals surface area (Å²) in [5.41, 5.74) is 4.93. The largest absolute Gasteiger partial charge is 0.465 e. The third-order valence-corrected chi connectivity index (χ3v) is 5.75. The van der Waals surface area contributed by atoms with Crippen molar-refractivity contribution in [3.05, 3.63) is 41.0 Å². The van der Waals surface area contributed by atoms with Gasteiger partial charge in [-0.25, -0.2) is 9.78 Å². The monoisotopic (exact) mass is 389 g/mol. The lowest BCUT2D eigenvalue weighted by atomic mass is 10.0. The number of aromatic nitrogens is 1. The number of carbonyl (C=O) groups excluding carboxylic acids is 1. The first kappa shape index (κ1) is 19.3. The molecule has 1 fully saturated rings. The van der Waals surface area contributed by atoms with Crippen LogP contribution >= 0.6 is 11.3 Å². The van der Waals surface area contributed by atoms with Gasteiger partial charge in [-0.15, -0.1) is 11.3 Å². The van der Waals surface area contributed by atoms with E-state index in [0.717, 1.165) is 33.0 Å². The number of nitrogens with one attached hydrogen (secondary N) is 1. The van der Waals surface area contributed by atoms with Gasteiger partial charge in [0, 0.05) is 6.42 Å². The molecule has 0 bridgehead atoms. The van der Waals surface area contributed by atoms with E-state index in [2.05, 4.69) is 17.2 Å². The van der Waals surface area contributed by atoms with Crippen molar-refractivity contribution in [3.63, 3.8) is 0 Å². The predicted octanol–water partition coefficient (Wildman–Crippen LogP) is 2.66. The first-order valence-electron chi connectivity index (χ1n) is 8.91. The van der Waals surface area contributed by atoms with Gasteiger partial charge >= 0.3 is 6.09 Å². The zero-order chi connectivity index (χ0) is 19.6. The molecule has 144 valence electrons. The lowest BCUT2D eigenvalue weighted by Gasteiger charge is -2.23. The molecule has 1 aromatic carbocycles. The number of amides is 2. The fourth-order valence-electron chi connectivity index (χ4n) is 3.35. The number of carboxylic acid groups (broad SMARTS) is 1. The van der Waals surface area contributed by atoms with E-state index in [1.165, 1.54) is 0 Å². The molecule has 0 unspecified atom stereocenters. The minimum Gasteiger partial charge on any atom is -0.465 e. The second-order valence-electron chi connectivity index (χ2n) is 6.67. The summed E-state index contributed by atoms with van der Waals surface area (Å²) in [6, 6.07) is 6.80. The molecule has 1 aromatic heterocycles. The van der Waals surface area contributed by atoms with Crippen LogP contribution in [0, 0.1) is 0 Å². The van der Waals surface area contributed by atoms with Crippen molar-refractivity contribution >= 4 is 23.3 Å². The molecule has 2 amide bonds. The van der Waals surface area contributed by atoms with Crippen molar-refractivity contribution in [2.24, 2.45) is 0 Å². The van der Waals surface area contributed by atoms with E-state index in [9.17, 15) is 19.8 Å². The van der Waals surface area contributed by atoms with Crippen molar-refractivity contribution in [2.45, 2.75) is 44.9 Å². The van der Waals surface area contributed by atoms with Gasteiger partial charge in [0.15, 0.2) is 0 Å². The molecule has 2 heterocycles. The normalized spacial score (nSPS) is 20.5. The van der Waals surface area contributed by atoms with Crippen molar-refractivity contribution in [1.82, 2.24) is 15.2 Å². The van der Waals surface area contributed by atoms with E-state index >= 15 is 0 Å². The predicted molar refractivity (Wildman–Crippen MR) is 103 cm³/mol. The fraction of sp³-hybridized carbons (Fsp3) is 0.421. The van der Waals surface area contributed by atoms with E-state index in [1.54, 1.807) is 11.3 Å². The fourth-order valence-corrected chi connectivity index (χ4v) is 4.24. The van der Waals surface area contributed by atoms with Crippen molar-refractivity contribution < 1.29 is 19.8 Å². The average molecular weight is 389 g/mol. The zero-order valence-electron chi connectivity index (χ0n) is 15.3. The summed E-state index contributed by atoms with van der Waals surface area (Å²) in [5, 5.41) is 21.7. The van der Waals surface area contributed by atoms with Gasteiger partial charge in [0.1, 0.15) is 6.04 Å². The SMILES string of the molecule is CCc1ncsc1-c1ccc([C@H](C)NC(=O)[C@@H]2C[C@@H](O)CN2C(=O)O)cc1. The second-order valence-corrected chi connectivity index (χ2v) is 7.53. The molecular formula is C19H23N3O4S. The number of aryl methyl sites for hydroxylation is 1. The molecule has 3 rings (SSSR count). The lowest BCUT2D eigenvalue weighted by molar-refractivity contribution is -0.125. The Morgan fingerprint density at radius 3 is 2.70 bits per heavy atom. The smallest absolute Gasteiger partial charge is 0.408 e. The maximum absolute atomic E-state index is 12.5. The van der Waals surface area contributed by atoms with Gasteiger partial charge in [0.2, 0.25) is 5.91 Å². The van der Waals surface area contributed by atoms with E-state index in [-0.39, 0.29) is 24.9 Å². The van der Waals surface area contributed by atoms with Gasteiger partial charge in [-0.05, 0) is 24.5 Å². The number of benzene rings is 1. The summed E-state index contributed by atoms with van der Waals surface area (Å²) >= 11 is 1.61. The Labute approximate surface area is 161 Å². The lowest BCUT2D eigenvalue weighted by Crippen LogP contribution is -2.46. The molecule has 1 saturated heterocycles. The van der Waals surface area contributed by atoms with Crippen molar-refractivity contribution in [3.8, 4) is 10.4 Å². The summed E-state index contributed by atoms with van der Waals surface area (Å²) in [5.74, 6) is -0.388. The minimum atomic E-state index is -1.19. The van der Waals surface area contributed by atoms with Crippen molar-refractivity contribution in [2.75, 3.05) is 6.54 Å². The van der Waals surface area contributed by atoms with Gasteiger partial charge in [-0.1, -0.05) is 31.2 Å². The number of hydrogen-bond donors (Lipinski definition) is 3. The first-order chi connectivity index (χ1) is 12.9. The van der Waals surface area contributed by atoms with Gasteiger partial charge in [-0.3, -0.25) is 9.69 Å². The summed E-state index contributed by atoms with van der Waals surface area (Å²) in [4.78, 5) is 30.3. The van der Waals surface area contributed by atoms with E-state index in [4.69, 9.17) is 0 Å². The van der Waals surface area contributed by atoms with Gasteiger partial charge in [0.25, 0.3) is 0 Å². The van der Waals surface area contributed by atoms with E-state index in [0.29, 0.717) is 0 Å². The molecule has 7 nitrogen and oxygen atoms in total. The van der Waals surface area contributed by atoms with Crippen LogP contribution in [0.15, 0.2) is 29.8 Å². The minimum absolute atomic E-state index is 0.0366. The molecule has 0 spiro atoms. The quantitative estimate of drug-likeness (QED) is 0.730. The standard InChI is InChI=1S/C19H23N3O4S/c1-3-15-17(27-10-20-15)13-6-4-12(5-7-13)11(2)21-18(24)16-8-14(23)9-22(16)19(25)26/h4-7,10-11,14,16,23H,3,8-9H2,1-2H3,(H,21,24)(H,25,26)/t11-,14+,16-/m0/s1. The molecular weight excluding hydrogens is 366 g/mol. The number of likely N-dealkylation sites (tertiary alicyclic amines) is 1. The average Bonchev–Trinajstić information content (AvgIpc) is 3.28. The first-order valence-corrected chi connectivity index (χ1v) is 9.79. The van der Waals surface area contributed by atoms with Crippen LogP contribution in [-0.4, -0.2) is 50.8 Å². The highest BCUT2D eigenvalue weighted by Gasteiger charge is 2.39. The highest BCUT2D eigenvalue weighted by molar-refractivity contribution is 7.13. The number of carbonyl (C=O) groups is 2. The number of aliphatic hydroxyl groups is 1. The van der Waals surface area contributed by atoms with Gasteiger partial charge < -0.3 is 15.5 Å². The molecule has 0 radical (unpaired) electrons. The van der Waals surface area contributed by atoms with Crippen LogP contribution in [-0.2, 0) is 11.2 Å². The number of hydrogen-bond acceptors (Lipinski definition) is 5. The van der Waals surface area contributed by atoms with Gasteiger partial charge in [-0.2, -0.15) is 0 Å². The summed E-state index contributed by atoms with van der Waals surface area (Å²) in [7, 11) is 0. The Balaban J connectivity index is 1.68. The Morgan fingerprint density at radius 2 is 2.07 bits per heavy atom. The molecule has 2 aromatic rings. The number of β-amino-alcohol motifs (C(OH)–C–C–N with tert-alkyl or cyclic N) is 1. The second kappa shape index (κ2) is 8.06. The molecule has 8 heteroatoms. The highest BCUT2D eigenvalue weighted by Crippen LogP contribution is 2.29. The topological polar surface area (TPSA) is 103 Å². The molecule has 27 heavy (non-hydrogen) atoms. The van der Waals surface area contributed by atoms with Crippen LogP contribution in [0.4, 0.5) is 4.79 Å². The van der Waals surface area contributed by atoms with Gasteiger partial charge in [0.05, 0.1) is 34.8 Å². The number of aliphatic hydroxyl groups excluding tert-OH is 1. The summed E-state index contributed by atoms with van der Waals surface area (Å²) < 4.78 is 0. The maximum Gasteiger partial charge on any atom is 0.408 e. The van der Waals surface area contributed by atoms with Crippen molar-refractivity contribution in [1.29, 1.82) is 0 Å². The maximum atomic E-state index is 12.5. The Hall–Kier alpha value is -2.45. The molecule has 0 saturated carbocycles. The number of nitrogens with zero attached hydrogens (tertiary/aromatic N) is 2. The summed E-state index contributed by atoms with van der Waals surface area (Å²) in [6.45, 7) is 3.89. The van der Waals surface area contributed by atoms with Crippen LogP contribution in [0.2, 0.25) is 0 Å². The van der Waals surface area contributed by atoms with Crippen LogP contribution in [0.3, 0.4) is 0 Å².